The third-order valence-corrected chi connectivity index (χ3v) is 4.96. The van der Waals surface area contributed by atoms with Crippen molar-refractivity contribution in [2.24, 2.45) is 0 Å². The zero-order chi connectivity index (χ0) is 23.8. The minimum absolute atomic E-state index is 0.0532. The Morgan fingerprint density at radius 1 is 0.906 bits per heavy atom. The normalized spacial score (nSPS) is 11.2. The number of unbranched alkanes of at least 4 members (excludes halogenated alkanes) is 3. The Labute approximate surface area is 190 Å². The number of hydrogen-bond donors (Lipinski definition) is 1. The fourth-order valence-electron chi connectivity index (χ4n) is 2.85. The molecule has 0 amide bonds. The summed E-state index contributed by atoms with van der Waals surface area (Å²) in [5.41, 5.74) is 0.695. The Morgan fingerprint density at radius 3 is 2.06 bits per heavy atom. The van der Waals surface area contributed by atoms with Crippen molar-refractivity contribution in [1.82, 2.24) is 0 Å². The molecule has 0 heterocycles. The van der Waals surface area contributed by atoms with Gasteiger partial charge in [-0.25, -0.2) is 0 Å². The molecule has 1 aromatic carbocycles. The van der Waals surface area contributed by atoms with Gasteiger partial charge in [0.15, 0.2) is 0 Å². The average Bonchev–Trinajstić information content (AvgIpc) is 2.71. The molecule has 0 aliphatic heterocycles. The van der Waals surface area contributed by atoms with E-state index in [0.717, 1.165) is 12.7 Å². The molecule has 0 aromatic heterocycles. The van der Waals surface area contributed by atoms with E-state index in [2.05, 4.69) is 0 Å². The van der Waals surface area contributed by atoms with Gasteiger partial charge in [-0.3, -0.25) is 13.8 Å². The third kappa shape index (κ3) is 13.2. The summed E-state index contributed by atoms with van der Waals surface area (Å²) in [6, 6.07) is 5.34. The summed E-state index contributed by atoms with van der Waals surface area (Å²) >= 11 is 0. The van der Waals surface area contributed by atoms with Crippen LogP contribution in [0.1, 0.15) is 57.4 Å². The first-order valence-electron chi connectivity index (χ1n) is 10.8. The van der Waals surface area contributed by atoms with E-state index in [1.807, 2.05) is 0 Å². The fraction of sp³-hybridized carbons (Fsp3) is 0.636. The van der Waals surface area contributed by atoms with Gasteiger partial charge in [0.25, 0.3) is 10.1 Å². The third-order valence-electron chi connectivity index (χ3n) is 4.36. The van der Waals surface area contributed by atoms with Crippen molar-refractivity contribution in [3.05, 3.63) is 23.8 Å². The van der Waals surface area contributed by atoms with E-state index < -0.39 is 16.1 Å². The zero-order valence-electron chi connectivity index (χ0n) is 18.8. The maximum Gasteiger partial charge on any atom is 0.305 e. The Hall–Kier alpha value is -2.33. The van der Waals surface area contributed by atoms with E-state index in [9.17, 15) is 18.0 Å². The molecule has 10 heteroatoms. The Balaban J connectivity index is 2.54. The topological polar surface area (TPSA) is 125 Å². The van der Waals surface area contributed by atoms with Gasteiger partial charge in [0.1, 0.15) is 11.5 Å². The average molecular weight is 475 g/mol. The van der Waals surface area contributed by atoms with Gasteiger partial charge in [-0.15, -0.1) is 0 Å². The van der Waals surface area contributed by atoms with Crippen molar-refractivity contribution in [2.45, 2.75) is 58.3 Å². The van der Waals surface area contributed by atoms with Crippen LogP contribution >= 0.6 is 0 Å². The van der Waals surface area contributed by atoms with Gasteiger partial charge in [-0.1, -0.05) is 6.07 Å². The second-order valence-electron chi connectivity index (χ2n) is 7.17. The summed E-state index contributed by atoms with van der Waals surface area (Å²) in [4.78, 5) is 22.4. The quantitative estimate of drug-likeness (QED) is 0.194. The molecule has 9 nitrogen and oxygen atoms in total. The minimum Gasteiger partial charge on any atom is -0.493 e. The molecule has 0 saturated heterocycles. The van der Waals surface area contributed by atoms with Gasteiger partial charge in [-0.05, 0) is 57.6 Å². The van der Waals surface area contributed by atoms with Gasteiger partial charge in [0.2, 0.25) is 0 Å². The van der Waals surface area contributed by atoms with E-state index in [-0.39, 0.29) is 25.4 Å². The molecule has 0 fully saturated rings. The van der Waals surface area contributed by atoms with Gasteiger partial charge < -0.3 is 19.3 Å². The molecule has 0 unspecified atom stereocenters. The van der Waals surface area contributed by atoms with Crippen molar-refractivity contribution in [3.63, 3.8) is 0 Å². The van der Waals surface area contributed by atoms with Crippen molar-refractivity contribution < 1.29 is 41.5 Å². The zero-order valence-corrected chi connectivity index (χ0v) is 19.7. The molecule has 0 spiro atoms. The second kappa shape index (κ2) is 15.5. The highest BCUT2D eigenvalue weighted by atomic mass is 32.2. The SMILES string of the molecule is CCOC(=O)CCCCOc1cccc(OCCCCCOS(C)(=O)=O)c1CCC(=O)O. The van der Waals surface area contributed by atoms with Crippen LogP contribution in [0, 0.1) is 0 Å². The summed E-state index contributed by atoms with van der Waals surface area (Å²) in [6.45, 7) is 3.07. The van der Waals surface area contributed by atoms with Crippen LogP contribution in [-0.2, 0) is 35.0 Å². The monoisotopic (exact) mass is 474 g/mol. The Kier molecular flexibility index (Phi) is 13.4. The molecule has 0 aliphatic carbocycles. The first-order valence-corrected chi connectivity index (χ1v) is 12.6. The van der Waals surface area contributed by atoms with Crippen LogP contribution in [-0.4, -0.2) is 58.1 Å². The molecule has 0 aliphatic rings. The number of hydrogen-bond acceptors (Lipinski definition) is 8. The first-order chi connectivity index (χ1) is 15.2. The Bertz CT molecular complexity index is 806. The standard InChI is InChI=1S/C22H34O9S/c1-3-28-22(25)12-5-8-16-30-20-11-9-10-19(18(20)13-14-21(23)24)29-15-6-4-7-17-31-32(2,26)27/h9-11H,3-8,12-17H2,1-2H3,(H,23,24). The molecule has 0 bridgehead atoms. The minimum atomic E-state index is -3.42. The fourth-order valence-corrected chi connectivity index (χ4v) is 3.27. The van der Waals surface area contributed by atoms with Crippen LogP contribution in [0.5, 0.6) is 11.5 Å². The Morgan fingerprint density at radius 2 is 1.50 bits per heavy atom. The first kappa shape index (κ1) is 27.7. The van der Waals surface area contributed by atoms with E-state index in [4.69, 9.17) is 23.5 Å². The highest BCUT2D eigenvalue weighted by molar-refractivity contribution is 7.85. The van der Waals surface area contributed by atoms with Crippen LogP contribution < -0.4 is 9.47 Å². The molecule has 0 radical (unpaired) electrons. The maximum atomic E-state index is 11.4. The van der Waals surface area contributed by atoms with Crippen molar-refractivity contribution in [2.75, 3.05) is 32.7 Å². The molecule has 182 valence electrons. The number of aliphatic carboxylic acids is 1. The number of esters is 1. The van der Waals surface area contributed by atoms with Gasteiger partial charge >= 0.3 is 11.9 Å². The predicted octanol–water partition coefficient (Wildman–Crippen LogP) is 3.34. The van der Waals surface area contributed by atoms with Crippen molar-refractivity contribution in [1.29, 1.82) is 0 Å². The lowest BCUT2D eigenvalue weighted by Gasteiger charge is -2.16. The van der Waals surface area contributed by atoms with E-state index in [1.54, 1.807) is 25.1 Å². The summed E-state index contributed by atoms with van der Waals surface area (Å²) < 4.78 is 43.1. The predicted molar refractivity (Wildman–Crippen MR) is 119 cm³/mol. The van der Waals surface area contributed by atoms with Crippen LogP contribution in [0.3, 0.4) is 0 Å². The summed E-state index contributed by atoms with van der Waals surface area (Å²) in [7, 11) is -3.42. The molecule has 0 saturated carbocycles. The second-order valence-corrected chi connectivity index (χ2v) is 8.82. The molecule has 0 atom stereocenters. The number of carbonyl (C=O) groups is 2. The molecule has 1 aromatic rings. The summed E-state index contributed by atoms with van der Waals surface area (Å²) in [5, 5.41) is 9.07. The highest BCUT2D eigenvalue weighted by Crippen LogP contribution is 2.30. The van der Waals surface area contributed by atoms with Crippen LogP contribution in [0.2, 0.25) is 0 Å². The van der Waals surface area contributed by atoms with Crippen LogP contribution in [0.15, 0.2) is 18.2 Å². The van der Waals surface area contributed by atoms with Crippen molar-refractivity contribution in [3.8, 4) is 11.5 Å². The van der Waals surface area contributed by atoms with Gasteiger partial charge in [0.05, 0.1) is 32.7 Å². The molecule has 1 rings (SSSR count). The van der Waals surface area contributed by atoms with E-state index in [1.165, 1.54) is 0 Å². The lowest BCUT2D eigenvalue weighted by atomic mass is 10.1. The maximum absolute atomic E-state index is 11.4. The number of ether oxygens (including phenoxy) is 3. The lowest BCUT2D eigenvalue weighted by molar-refractivity contribution is -0.143. The number of rotatable bonds is 18. The largest absolute Gasteiger partial charge is 0.493 e. The molecule has 32 heavy (non-hydrogen) atoms. The van der Waals surface area contributed by atoms with E-state index in [0.29, 0.717) is 69.0 Å². The molecular weight excluding hydrogens is 440 g/mol. The summed E-state index contributed by atoms with van der Waals surface area (Å²) in [5.74, 6) is 0.00286. The highest BCUT2D eigenvalue weighted by Gasteiger charge is 2.13. The van der Waals surface area contributed by atoms with Crippen LogP contribution in [0.25, 0.3) is 0 Å². The smallest absolute Gasteiger partial charge is 0.305 e. The van der Waals surface area contributed by atoms with E-state index >= 15 is 0 Å². The summed E-state index contributed by atoms with van der Waals surface area (Å²) in [6.07, 6.45) is 4.90. The van der Waals surface area contributed by atoms with Crippen molar-refractivity contribution >= 4 is 22.1 Å². The molecule has 1 N–H and O–H groups in total. The number of carboxylic acid groups (broad SMARTS) is 1. The van der Waals surface area contributed by atoms with Gasteiger partial charge in [-0.2, -0.15) is 8.42 Å². The molecular formula is C22H34O9S. The van der Waals surface area contributed by atoms with Crippen LogP contribution in [0.4, 0.5) is 0 Å². The number of benzene rings is 1. The number of carbonyl (C=O) groups excluding carboxylic acids is 1. The lowest BCUT2D eigenvalue weighted by Crippen LogP contribution is -2.08. The van der Waals surface area contributed by atoms with Gasteiger partial charge in [0, 0.05) is 18.4 Å². The number of carboxylic acids is 1.